The van der Waals surface area contributed by atoms with Crippen LogP contribution in [0.25, 0.3) is 10.4 Å². The first-order valence-electron chi connectivity index (χ1n) is 10.8. The zero-order valence-corrected chi connectivity index (χ0v) is 19.8. The van der Waals surface area contributed by atoms with Gasteiger partial charge in [-0.1, -0.05) is 60.7 Å². The molecule has 32 heavy (non-hydrogen) atoms. The van der Waals surface area contributed by atoms with Gasteiger partial charge in [-0.3, -0.25) is 4.90 Å². The Morgan fingerprint density at radius 3 is 2.34 bits per heavy atom. The summed E-state index contributed by atoms with van der Waals surface area (Å²) in [4.78, 5) is 18.2. The van der Waals surface area contributed by atoms with Gasteiger partial charge < -0.3 is 15.0 Å². The van der Waals surface area contributed by atoms with Gasteiger partial charge in [-0.25, -0.2) is 4.79 Å². The first-order valence-corrected chi connectivity index (χ1v) is 12.0. The molecule has 1 saturated heterocycles. The van der Waals surface area contributed by atoms with Gasteiger partial charge in [0.25, 0.3) is 0 Å². The fourth-order valence-corrected chi connectivity index (χ4v) is 5.12. The van der Waals surface area contributed by atoms with E-state index in [-0.39, 0.29) is 5.97 Å². The van der Waals surface area contributed by atoms with Crippen LogP contribution in [0, 0.1) is 0 Å². The van der Waals surface area contributed by atoms with Crippen molar-refractivity contribution in [2.45, 2.75) is 13.5 Å². The van der Waals surface area contributed by atoms with Gasteiger partial charge in [-0.05, 0) is 36.3 Å². The van der Waals surface area contributed by atoms with Gasteiger partial charge >= 0.3 is 5.97 Å². The maximum Gasteiger partial charge on any atom is 0.341 e. The molecule has 0 unspecified atom stereocenters. The van der Waals surface area contributed by atoms with Crippen LogP contribution in [0.2, 0.25) is 0 Å². The summed E-state index contributed by atoms with van der Waals surface area (Å²) in [6, 6.07) is 22.5. The summed E-state index contributed by atoms with van der Waals surface area (Å²) in [5.41, 5.74) is 2.92. The van der Waals surface area contributed by atoms with Crippen LogP contribution in [0.1, 0.15) is 22.8 Å². The first kappa shape index (κ1) is 22.5. The third-order valence-corrected chi connectivity index (χ3v) is 6.87. The second-order valence-corrected chi connectivity index (χ2v) is 9.06. The van der Waals surface area contributed by atoms with E-state index >= 15 is 0 Å². The van der Waals surface area contributed by atoms with E-state index in [1.54, 1.807) is 0 Å². The van der Waals surface area contributed by atoms with Crippen molar-refractivity contribution in [1.29, 1.82) is 0 Å². The van der Waals surface area contributed by atoms with Crippen molar-refractivity contribution >= 4 is 39.6 Å². The molecule has 1 aliphatic heterocycles. The Bertz CT molecular complexity index is 1050. The summed E-state index contributed by atoms with van der Waals surface area (Å²) in [7, 11) is 0. The highest BCUT2D eigenvalue weighted by Crippen LogP contribution is 2.36. The smallest absolute Gasteiger partial charge is 0.341 e. The summed E-state index contributed by atoms with van der Waals surface area (Å²) in [6.07, 6.45) is 0. The molecule has 0 bridgehead atoms. The lowest BCUT2D eigenvalue weighted by molar-refractivity contribution is 0.0528. The van der Waals surface area contributed by atoms with Gasteiger partial charge in [0, 0.05) is 37.6 Å². The van der Waals surface area contributed by atoms with E-state index in [0.717, 1.165) is 48.2 Å². The van der Waals surface area contributed by atoms with E-state index in [0.29, 0.717) is 17.3 Å². The van der Waals surface area contributed by atoms with Crippen LogP contribution in [0.4, 0.5) is 5.00 Å². The summed E-state index contributed by atoms with van der Waals surface area (Å²) in [5, 5.41) is 4.72. The molecule has 0 aliphatic carbocycles. The molecular formula is C25H27N3O2S2. The van der Waals surface area contributed by atoms with E-state index in [9.17, 15) is 4.79 Å². The van der Waals surface area contributed by atoms with Crippen LogP contribution in [-0.4, -0.2) is 53.7 Å². The predicted molar refractivity (Wildman–Crippen MR) is 135 cm³/mol. The first-order chi connectivity index (χ1) is 15.6. The molecule has 4 rings (SSSR count). The average Bonchev–Trinajstić information content (AvgIpc) is 3.25. The lowest BCUT2D eigenvalue weighted by Crippen LogP contribution is -2.49. The minimum absolute atomic E-state index is 0.330. The molecule has 0 saturated carbocycles. The van der Waals surface area contributed by atoms with Gasteiger partial charge in [-0.2, -0.15) is 0 Å². The third-order valence-electron chi connectivity index (χ3n) is 5.41. The number of carbonyl (C=O) groups excluding carboxylic acids is 1. The molecule has 0 spiro atoms. The third kappa shape index (κ3) is 5.54. The summed E-state index contributed by atoms with van der Waals surface area (Å²) in [5.74, 6) is -0.330. The van der Waals surface area contributed by atoms with E-state index < -0.39 is 0 Å². The molecule has 0 amide bonds. The van der Waals surface area contributed by atoms with Crippen molar-refractivity contribution < 1.29 is 9.53 Å². The number of hydrogen-bond acceptors (Lipinski definition) is 5. The van der Waals surface area contributed by atoms with Crippen molar-refractivity contribution in [3.05, 3.63) is 77.9 Å². The standard InChI is InChI=1S/C25H27N3O2S2/c1-2-30-24(29)21-17-22(20-11-7-4-8-12-20)32-23(21)26-25(31)28-15-13-27(14-16-28)18-19-9-5-3-6-10-19/h3-12,17H,2,13-16,18H2,1H3,(H,26,31). The lowest BCUT2D eigenvalue weighted by Gasteiger charge is -2.36. The van der Waals surface area contributed by atoms with Crippen molar-refractivity contribution in [3.63, 3.8) is 0 Å². The Balaban J connectivity index is 1.42. The maximum atomic E-state index is 12.6. The zero-order chi connectivity index (χ0) is 22.3. The topological polar surface area (TPSA) is 44.8 Å². The predicted octanol–water partition coefficient (Wildman–Crippen LogP) is 5.11. The number of rotatable bonds is 6. The minimum atomic E-state index is -0.330. The normalized spacial score (nSPS) is 14.2. The molecule has 2 heterocycles. The Labute approximate surface area is 198 Å². The summed E-state index contributed by atoms with van der Waals surface area (Å²) < 4.78 is 5.28. The van der Waals surface area contributed by atoms with Crippen molar-refractivity contribution in [2.75, 3.05) is 38.1 Å². The molecule has 1 aromatic heterocycles. The van der Waals surface area contributed by atoms with Crippen molar-refractivity contribution in [3.8, 4) is 10.4 Å². The second kappa shape index (κ2) is 10.7. The number of piperazine rings is 1. The molecule has 1 N–H and O–H groups in total. The fraction of sp³-hybridized carbons (Fsp3) is 0.280. The fourth-order valence-electron chi connectivity index (χ4n) is 3.72. The lowest BCUT2D eigenvalue weighted by atomic mass is 10.1. The van der Waals surface area contributed by atoms with Crippen LogP contribution in [0.15, 0.2) is 66.7 Å². The molecule has 0 radical (unpaired) electrons. The molecule has 5 nitrogen and oxygen atoms in total. The minimum Gasteiger partial charge on any atom is -0.462 e. The van der Waals surface area contributed by atoms with Crippen LogP contribution in [0.5, 0.6) is 0 Å². The summed E-state index contributed by atoms with van der Waals surface area (Å²) >= 11 is 7.24. The van der Waals surface area contributed by atoms with E-state index in [1.165, 1.54) is 16.9 Å². The number of carbonyl (C=O) groups is 1. The molecular weight excluding hydrogens is 438 g/mol. The van der Waals surface area contributed by atoms with Crippen molar-refractivity contribution in [1.82, 2.24) is 9.80 Å². The molecule has 1 aliphatic rings. The van der Waals surface area contributed by atoms with E-state index in [4.69, 9.17) is 17.0 Å². The van der Waals surface area contributed by atoms with Gasteiger partial charge in [0.2, 0.25) is 0 Å². The Morgan fingerprint density at radius 2 is 1.69 bits per heavy atom. The Morgan fingerprint density at radius 1 is 1.03 bits per heavy atom. The second-order valence-electron chi connectivity index (χ2n) is 7.62. The maximum absolute atomic E-state index is 12.6. The number of esters is 1. The zero-order valence-electron chi connectivity index (χ0n) is 18.1. The number of anilines is 1. The molecule has 1 fully saturated rings. The molecule has 7 heteroatoms. The van der Waals surface area contributed by atoms with Crippen LogP contribution in [0.3, 0.4) is 0 Å². The number of benzene rings is 2. The number of nitrogens with one attached hydrogen (secondary N) is 1. The van der Waals surface area contributed by atoms with Gasteiger partial charge in [0.15, 0.2) is 5.11 Å². The number of hydrogen-bond donors (Lipinski definition) is 1. The van der Waals surface area contributed by atoms with Gasteiger partial charge in [0.05, 0.1) is 12.2 Å². The van der Waals surface area contributed by atoms with Crippen LogP contribution < -0.4 is 5.32 Å². The molecule has 2 aromatic carbocycles. The number of thiocarbonyl (C=S) groups is 1. The molecule has 3 aromatic rings. The largest absolute Gasteiger partial charge is 0.462 e. The highest BCUT2D eigenvalue weighted by molar-refractivity contribution is 7.80. The number of thiophene rings is 1. The van der Waals surface area contributed by atoms with E-state index in [1.807, 2.05) is 49.4 Å². The highest BCUT2D eigenvalue weighted by atomic mass is 32.1. The monoisotopic (exact) mass is 465 g/mol. The van der Waals surface area contributed by atoms with Crippen molar-refractivity contribution in [2.24, 2.45) is 0 Å². The van der Waals surface area contributed by atoms with Gasteiger partial charge in [-0.15, -0.1) is 11.3 Å². The Kier molecular flexibility index (Phi) is 7.52. The SMILES string of the molecule is CCOC(=O)c1cc(-c2ccccc2)sc1NC(=S)N1CCN(Cc2ccccc2)CC1. The van der Waals surface area contributed by atoms with E-state index in [2.05, 4.69) is 39.4 Å². The molecule has 166 valence electrons. The van der Waals surface area contributed by atoms with Crippen LogP contribution >= 0.6 is 23.6 Å². The van der Waals surface area contributed by atoms with Gasteiger partial charge in [0.1, 0.15) is 5.00 Å². The molecule has 0 atom stereocenters. The summed E-state index contributed by atoms with van der Waals surface area (Å²) in [6.45, 7) is 6.70. The number of ether oxygens (including phenoxy) is 1. The average molecular weight is 466 g/mol. The highest BCUT2D eigenvalue weighted by Gasteiger charge is 2.23. The van der Waals surface area contributed by atoms with Crippen LogP contribution in [-0.2, 0) is 11.3 Å². The Hall–Kier alpha value is -2.74. The number of nitrogens with zero attached hydrogens (tertiary/aromatic N) is 2. The quantitative estimate of drug-likeness (QED) is 0.403.